The minimum Gasteiger partial charge on any atom is -0.313 e. The summed E-state index contributed by atoms with van der Waals surface area (Å²) in [6, 6.07) is 17.1. The van der Waals surface area contributed by atoms with E-state index in [0.717, 1.165) is 10.9 Å². The van der Waals surface area contributed by atoms with E-state index in [9.17, 15) is 0 Å². The first-order valence-corrected chi connectivity index (χ1v) is 7.36. The zero-order valence-electron chi connectivity index (χ0n) is 11.2. The number of rotatable bonds is 2. The predicted octanol–water partition coefficient (Wildman–Crippen LogP) is 5.26. The van der Waals surface area contributed by atoms with Gasteiger partial charge in [0.2, 0.25) is 0 Å². The van der Waals surface area contributed by atoms with Gasteiger partial charge in [0.15, 0.2) is 0 Å². The summed E-state index contributed by atoms with van der Waals surface area (Å²) in [4.78, 5) is 0. The molecule has 0 aliphatic rings. The van der Waals surface area contributed by atoms with Gasteiger partial charge in [-0.3, -0.25) is 0 Å². The van der Waals surface area contributed by atoms with Crippen molar-refractivity contribution in [1.82, 2.24) is 4.57 Å². The maximum absolute atomic E-state index is 3.57. The van der Waals surface area contributed by atoms with Gasteiger partial charge in [-0.25, -0.2) is 0 Å². The van der Waals surface area contributed by atoms with Gasteiger partial charge in [-0.2, -0.15) is 0 Å². The Hall–Kier alpha value is -1.54. The summed E-state index contributed by atoms with van der Waals surface area (Å²) in [5, 5.41) is 1.33. The molecule has 0 amide bonds. The first kappa shape index (κ1) is 12.5. The molecule has 1 aromatic heterocycles. The Morgan fingerprint density at radius 3 is 2.47 bits per heavy atom. The first-order chi connectivity index (χ1) is 9.22. The lowest BCUT2D eigenvalue weighted by molar-refractivity contribution is 0.947. The van der Waals surface area contributed by atoms with Gasteiger partial charge in [0, 0.05) is 21.2 Å². The normalized spacial score (nSPS) is 11.1. The molecule has 0 spiro atoms. The van der Waals surface area contributed by atoms with E-state index in [1.807, 2.05) is 0 Å². The summed E-state index contributed by atoms with van der Waals surface area (Å²) in [6.07, 6.45) is 1.03. The third kappa shape index (κ3) is 2.00. The average Bonchev–Trinajstić information content (AvgIpc) is 2.72. The summed E-state index contributed by atoms with van der Waals surface area (Å²) in [5.41, 5.74) is 5.28. The fraction of sp³-hybridized carbons (Fsp3) is 0.176. The summed E-state index contributed by atoms with van der Waals surface area (Å²) in [7, 11) is 0. The van der Waals surface area contributed by atoms with Crippen LogP contribution in [0.25, 0.3) is 16.6 Å². The van der Waals surface area contributed by atoms with Crippen molar-refractivity contribution in [3.8, 4) is 5.69 Å². The molecule has 0 fully saturated rings. The van der Waals surface area contributed by atoms with Crippen LogP contribution in [-0.2, 0) is 6.42 Å². The van der Waals surface area contributed by atoms with E-state index < -0.39 is 0 Å². The fourth-order valence-electron chi connectivity index (χ4n) is 2.77. The van der Waals surface area contributed by atoms with Crippen LogP contribution in [0.5, 0.6) is 0 Å². The lowest BCUT2D eigenvalue weighted by atomic mass is 10.1. The average molecular weight is 314 g/mol. The molecular formula is C17H16BrN. The van der Waals surface area contributed by atoms with Gasteiger partial charge < -0.3 is 4.57 Å². The molecule has 19 heavy (non-hydrogen) atoms. The van der Waals surface area contributed by atoms with Gasteiger partial charge in [-0.05, 0) is 49.2 Å². The molecule has 0 unspecified atom stereocenters. The molecule has 0 atom stereocenters. The number of para-hydroxylation sites is 1. The maximum Gasteiger partial charge on any atom is 0.0535 e. The lowest BCUT2D eigenvalue weighted by Crippen LogP contribution is -1.99. The van der Waals surface area contributed by atoms with Crippen molar-refractivity contribution in [3.05, 3.63) is 64.3 Å². The Balaban J connectivity index is 2.40. The summed E-state index contributed by atoms with van der Waals surface area (Å²) < 4.78 is 3.51. The molecule has 0 saturated carbocycles. The van der Waals surface area contributed by atoms with Crippen molar-refractivity contribution in [2.75, 3.05) is 0 Å². The Bertz CT molecular complexity index is 726. The summed E-state index contributed by atoms with van der Waals surface area (Å²) >= 11 is 3.57. The second-order valence-corrected chi connectivity index (χ2v) is 5.67. The topological polar surface area (TPSA) is 4.93 Å². The van der Waals surface area contributed by atoms with Crippen LogP contribution in [0.15, 0.2) is 53.0 Å². The number of halogens is 1. The molecule has 3 aromatic rings. The second kappa shape index (κ2) is 4.86. The number of benzene rings is 2. The van der Waals surface area contributed by atoms with Crippen molar-refractivity contribution in [1.29, 1.82) is 0 Å². The predicted molar refractivity (Wildman–Crippen MR) is 85.1 cm³/mol. The second-order valence-electron chi connectivity index (χ2n) is 4.76. The largest absolute Gasteiger partial charge is 0.313 e. The molecule has 2 aromatic carbocycles. The monoisotopic (exact) mass is 313 g/mol. The first-order valence-electron chi connectivity index (χ1n) is 6.57. The lowest BCUT2D eigenvalue weighted by Gasteiger charge is -2.10. The van der Waals surface area contributed by atoms with E-state index in [4.69, 9.17) is 0 Å². The van der Waals surface area contributed by atoms with Crippen molar-refractivity contribution in [3.63, 3.8) is 0 Å². The number of nitrogens with zero attached hydrogens (tertiary/aromatic N) is 1. The van der Waals surface area contributed by atoms with Crippen LogP contribution in [0.1, 0.15) is 18.2 Å². The minimum absolute atomic E-state index is 1.03. The van der Waals surface area contributed by atoms with E-state index in [2.05, 4.69) is 82.9 Å². The highest BCUT2D eigenvalue weighted by Gasteiger charge is 2.13. The van der Waals surface area contributed by atoms with E-state index in [1.54, 1.807) is 0 Å². The van der Waals surface area contributed by atoms with Crippen molar-refractivity contribution < 1.29 is 0 Å². The third-order valence-electron chi connectivity index (χ3n) is 3.66. The molecule has 0 radical (unpaired) electrons. The fourth-order valence-corrected chi connectivity index (χ4v) is 3.13. The number of hydrogen-bond donors (Lipinski definition) is 0. The van der Waals surface area contributed by atoms with Crippen LogP contribution in [0.4, 0.5) is 0 Å². The maximum atomic E-state index is 3.57. The highest BCUT2D eigenvalue weighted by Crippen LogP contribution is 2.31. The quantitative estimate of drug-likeness (QED) is 0.608. The van der Waals surface area contributed by atoms with Crippen molar-refractivity contribution in [2.45, 2.75) is 20.3 Å². The van der Waals surface area contributed by atoms with Gasteiger partial charge >= 0.3 is 0 Å². The molecule has 0 saturated heterocycles. The smallest absolute Gasteiger partial charge is 0.0535 e. The molecule has 0 bridgehead atoms. The van der Waals surface area contributed by atoms with Crippen molar-refractivity contribution >= 4 is 26.8 Å². The molecule has 2 heteroatoms. The molecular weight excluding hydrogens is 298 g/mol. The van der Waals surface area contributed by atoms with Gasteiger partial charge in [0.25, 0.3) is 0 Å². The summed E-state index contributed by atoms with van der Waals surface area (Å²) in [5.74, 6) is 0. The summed E-state index contributed by atoms with van der Waals surface area (Å²) in [6.45, 7) is 4.43. The number of aromatic nitrogens is 1. The molecule has 0 N–H and O–H groups in total. The van der Waals surface area contributed by atoms with Crippen molar-refractivity contribution in [2.24, 2.45) is 0 Å². The van der Waals surface area contributed by atoms with Gasteiger partial charge in [0.1, 0.15) is 0 Å². The highest BCUT2D eigenvalue weighted by atomic mass is 79.9. The van der Waals surface area contributed by atoms with Crippen LogP contribution >= 0.6 is 15.9 Å². The number of hydrogen-bond acceptors (Lipinski definition) is 0. The van der Waals surface area contributed by atoms with Gasteiger partial charge in [0.05, 0.1) is 5.52 Å². The molecule has 1 nitrogen and oxygen atoms in total. The van der Waals surface area contributed by atoms with Gasteiger partial charge in [-0.15, -0.1) is 0 Å². The Morgan fingerprint density at radius 1 is 1.05 bits per heavy atom. The Morgan fingerprint density at radius 2 is 1.79 bits per heavy atom. The van der Waals surface area contributed by atoms with E-state index in [-0.39, 0.29) is 0 Å². The van der Waals surface area contributed by atoms with E-state index >= 15 is 0 Å². The standard InChI is InChI=1S/C17H16BrN/c1-3-16-12(2)15-11-13(18)9-10-17(15)19(16)14-7-5-4-6-8-14/h4-11H,3H2,1-2H3. The Kier molecular flexibility index (Phi) is 3.19. The van der Waals surface area contributed by atoms with Crippen LogP contribution in [0.2, 0.25) is 0 Å². The molecule has 0 aliphatic heterocycles. The molecule has 1 heterocycles. The van der Waals surface area contributed by atoms with E-state index in [1.165, 1.54) is 27.8 Å². The highest BCUT2D eigenvalue weighted by molar-refractivity contribution is 9.10. The van der Waals surface area contributed by atoms with Crippen LogP contribution in [-0.4, -0.2) is 4.57 Å². The molecule has 96 valence electrons. The zero-order valence-corrected chi connectivity index (χ0v) is 12.7. The third-order valence-corrected chi connectivity index (χ3v) is 4.15. The van der Waals surface area contributed by atoms with Gasteiger partial charge in [-0.1, -0.05) is 41.1 Å². The van der Waals surface area contributed by atoms with E-state index in [0.29, 0.717) is 0 Å². The SMILES string of the molecule is CCc1c(C)c2cc(Br)ccc2n1-c1ccccc1. The number of fused-ring (bicyclic) bond motifs is 1. The zero-order chi connectivity index (χ0) is 13.4. The number of aryl methyl sites for hydroxylation is 1. The molecule has 3 rings (SSSR count). The van der Waals surface area contributed by atoms with Crippen LogP contribution in [0, 0.1) is 6.92 Å². The van der Waals surface area contributed by atoms with Crippen LogP contribution < -0.4 is 0 Å². The minimum atomic E-state index is 1.03. The molecule has 0 aliphatic carbocycles. The van der Waals surface area contributed by atoms with Crippen LogP contribution in [0.3, 0.4) is 0 Å². The Labute approximate surface area is 122 Å².